The van der Waals surface area contributed by atoms with Gasteiger partial charge in [-0.3, -0.25) is 4.72 Å². The Morgan fingerprint density at radius 2 is 1.76 bits per heavy atom. The fourth-order valence-corrected chi connectivity index (χ4v) is 6.95. The third-order valence-electron chi connectivity index (χ3n) is 6.76. The number of nitrogens with zero attached hydrogens (tertiary/aromatic N) is 3. The van der Waals surface area contributed by atoms with Crippen LogP contribution in [0.4, 0.5) is 11.5 Å². The van der Waals surface area contributed by atoms with Crippen LogP contribution in [0.15, 0.2) is 29.3 Å². The highest BCUT2D eigenvalue weighted by Gasteiger charge is 2.28. The Balaban J connectivity index is 1.56. The Morgan fingerprint density at radius 3 is 2.41 bits per heavy atom. The summed E-state index contributed by atoms with van der Waals surface area (Å²) in [6, 6.07) is 5.02. The maximum absolute atomic E-state index is 13.1. The van der Waals surface area contributed by atoms with Crippen molar-refractivity contribution in [1.82, 2.24) is 9.88 Å². The summed E-state index contributed by atoms with van der Waals surface area (Å²) < 4.78 is 28.8. The summed E-state index contributed by atoms with van der Waals surface area (Å²) >= 11 is 0. The van der Waals surface area contributed by atoms with Gasteiger partial charge in [-0.2, -0.15) is 0 Å². The largest absolute Gasteiger partial charge is 0.478 e. The van der Waals surface area contributed by atoms with E-state index in [0.29, 0.717) is 22.9 Å². The van der Waals surface area contributed by atoms with E-state index in [9.17, 15) is 18.3 Å². The van der Waals surface area contributed by atoms with Crippen LogP contribution in [0.25, 0.3) is 0 Å². The second kappa shape index (κ2) is 9.92. The van der Waals surface area contributed by atoms with Crippen molar-refractivity contribution in [2.75, 3.05) is 42.3 Å². The molecule has 0 saturated carbocycles. The molecular formula is C25H34N4O4S. The highest BCUT2D eigenvalue weighted by Crippen LogP contribution is 2.29. The van der Waals surface area contributed by atoms with Crippen molar-refractivity contribution in [2.45, 2.75) is 51.3 Å². The zero-order valence-corrected chi connectivity index (χ0v) is 21.0. The van der Waals surface area contributed by atoms with Crippen LogP contribution >= 0.6 is 0 Å². The van der Waals surface area contributed by atoms with Crippen LogP contribution in [-0.2, 0) is 10.0 Å². The van der Waals surface area contributed by atoms with E-state index in [1.54, 1.807) is 13.8 Å². The molecule has 0 aliphatic carbocycles. The summed E-state index contributed by atoms with van der Waals surface area (Å²) in [6.45, 7) is 10.3. The van der Waals surface area contributed by atoms with Gasteiger partial charge in [0.1, 0.15) is 11.4 Å². The lowest BCUT2D eigenvalue weighted by Gasteiger charge is -2.36. The molecule has 8 nitrogen and oxygen atoms in total. The van der Waals surface area contributed by atoms with Crippen LogP contribution in [0.1, 0.15) is 52.7 Å². The lowest BCUT2D eigenvalue weighted by Crippen LogP contribution is -2.41. The number of likely N-dealkylation sites (tertiary alicyclic amines) is 1. The lowest BCUT2D eigenvalue weighted by atomic mass is 9.97. The van der Waals surface area contributed by atoms with E-state index in [4.69, 9.17) is 0 Å². The molecular weight excluding hydrogens is 452 g/mol. The van der Waals surface area contributed by atoms with Gasteiger partial charge in [0.25, 0.3) is 10.0 Å². The quantitative estimate of drug-likeness (QED) is 0.613. The van der Waals surface area contributed by atoms with Crippen molar-refractivity contribution >= 4 is 27.5 Å². The number of hydrogen-bond acceptors (Lipinski definition) is 6. The minimum Gasteiger partial charge on any atom is -0.478 e. The van der Waals surface area contributed by atoms with Crippen LogP contribution in [0.2, 0.25) is 0 Å². The molecule has 2 saturated heterocycles. The summed E-state index contributed by atoms with van der Waals surface area (Å²) in [7, 11) is -3.90. The van der Waals surface area contributed by atoms with Gasteiger partial charge in [-0.05, 0) is 82.7 Å². The van der Waals surface area contributed by atoms with Crippen molar-refractivity contribution in [2.24, 2.45) is 5.92 Å². The summed E-state index contributed by atoms with van der Waals surface area (Å²) in [6.07, 6.45) is 6.03. The summed E-state index contributed by atoms with van der Waals surface area (Å²) in [5.41, 5.74) is 2.43. The second-order valence-electron chi connectivity index (χ2n) is 9.70. The van der Waals surface area contributed by atoms with Crippen LogP contribution in [0.3, 0.4) is 0 Å². The van der Waals surface area contributed by atoms with Crippen molar-refractivity contribution < 1.29 is 18.3 Å². The van der Waals surface area contributed by atoms with Crippen LogP contribution in [0, 0.1) is 26.7 Å². The predicted molar refractivity (Wildman–Crippen MR) is 133 cm³/mol. The minimum absolute atomic E-state index is 0.0133. The lowest BCUT2D eigenvalue weighted by molar-refractivity contribution is 0.0697. The molecule has 0 spiro atoms. The molecule has 2 aromatic rings. The van der Waals surface area contributed by atoms with Gasteiger partial charge in [-0.15, -0.1) is 0 Å². The second-order valence-corrected chi connectivity index (χ2v) is 11.3. The van der Waals surface area contributed by atoms with Gasteiger partial charge in [0.15, 0.2) is 0 Å². The van der Waals surface area contributed by atoms with E-state index in [1.165, 1.54) is 25.1 Å². The summed E-state index contributed by atoms with van der Waals surface area (Å²) in [4.78, 5) is 21.3. The molecule has 2 N–H and O–H groups in total. The summed E-state index contributed by atoms with van der Waals surface area (Å²) in [5.74, 6) is -0.238. The fourth-order valence-electron chi connectivity index (χ4n) is 5.46. The van der Waals surface area contributed by atoms with Crippen LogP contribution in [0.5, 0.6) is 0 Å². The van der Waals surface area contributed by atoms with E-state index in [2.05, 4.69) is 14.6 Å². The van der Waals surface area contributed by atoms with E-state index < -0.39 is 16.0 Å². The van der Waals surface area contributed by atoms with Gasteiger partial charge in [0, 0.05) is 19.6 Å². The number of pyridine rings is 1. The molecule has 2 aliphatic rings. The third-order valence-corrected chi connectivity index (χ3v) is 8.44. The van der Waals surface area contributed by atoms with Gasteiger partial charge in [-0.1, -0.05) is 17.7 Å². The minimum atomic E-state index is -3.90. The molecule has 34 heavy (non-hydrogen) atoms. The van der Waals surface area contributed by atoms with E-state index >= 15 is 0 Å². The Kier molecular flexibility index (Phi) is 7.14. The Bertz CT molecular complexity index is 1150. The normalized spacial score (nSPS) is 19.4. The number of nitrogens with one attached hydrogen (secondary N) is 1. The van der Waals surface area contributed by atoms with Crippen LogP contribution in [-0.4, -0.2) is 62.1 Å². The molecule has 1 unspecified atom stereocenters. The highest BCUT2D eigenvalue weighted by atomic mass is 32.2. The number of piperidine rings is 1. The van der Waals surface area contributed by atoms with Crippen LogP contribution < -0.4 is 9.62 Å². The number of carboxylic acid groups (broad SMARTS) is 1. The molecule has 0 bridgehead atoms. The van der Waals surface area contributed by atoms with Gasteiger partial charge in [-0.25, -0.2) is 18.2 Å². The number of aromatic nitrogens is 1. The Hall–Kier alpha value is -2.65. The molecule has 2 aliphatic heterocycles. The first kappa shape index (κ1) is 24.5. The first-order valence-corrected chi connectivity index (χ1v) is 13.4. The smallest absolute Gasteiger partial charge is 0.339 e. The number of benzene rings is 1. The Labute approximate surface area is 202 Å². The number of aromatic carboxylic acids is 1. The highest BCUT2D eigenvalue weighted by molar-refractivity contribution is 7.92. The standard InChI is InChI=1S/C25H34N4O4S/c1-17-11-18(2)23(19(3)12-17)34(32,33)27-21-13-22(25(30)31)24(26-14-21)29-10-6-7-20(16-29)15-28-8-4-5-9-28/h11-14,20,27H,4-10,15-16H2,1-3H3,(H,30,31). The number of sulfonamides is 1. The molecule has 184 valence electrons. The molecule has 9 heteroatoms. The van der Waals surface area contributed by atoms with Crippen molar-refractivity contribution in [3.8, 4) is 0 Å². The molecule has 1 atom stereocenters. The molecule has 0 amide bonds. The number of carbonyl (C=O) groups is 1. The average Bonchev–Trinajstić information content (AvgIpc) is 3.25. The summed E-state index contributed by atoms with van der Waals surface area (Å²) in [5, 5.41) is 9.90. The topological polar surface area (TPSA) is 103 Å². The van der Waals surface area contributed by atoms with Gasteiger partial charge in [0.05, 0.1) is 16.8 Å². The molecule has 0 radical (unpaired) electrons. The van der Waals surface area contributed by atoms with Crippen molar-refractivity contribution in [1.29, 1.82) is 0 Å². The number of aryl methyl sites for hydroxylation is 3. The molecule has 3 heterocycles. The predicted octanol–water partition coefficient (Wildman–Crippen LogP) is 3.82. The van der Waals surface area contributed by atoms with E-state index in [1.807, 2.05) is 24.0 Å². The molecule has 2 fully saturated rings. The SMILES string of the molecule is Cc1cc(C)c(S(=O)(=O)Nc2cnc(N3CCCC(CN4CCCC4)C3)c(C(=O)O)c2)c(C)c1. The van der Waals surface area contributed by atoms with Crippen molar-refractivity contribution in [3.63, 3.8) is 0 Å². The maximum atomic E-state index is 13.1. The first-order valence-electron chi connectivity index (χ1n) is 12.0. The van der Waals surface area contributed by atoms with E-state index in [0.717, 1.165) is 51.1 Å². The van der Waals surface area contributed by atoms with Gasteiger partial charge in [0.2, 0.25) is 0 Å². The van der Waals surface area contributed by atoms with Crippen molar-refractivity contribution in [3.05, 3.63) is 46.6 Å². The average molecular weight is 487 g/mol. The molecule has 4 rings (SSSR count). The maximum Gasteiger partial charge on any atom is 0.339 e. The molecule has 1 aromatic heterocycles. The number of hydrogen-bond donors (Lipinski definition) is 2. The van der Waals surface area contributed by atoms with E-state index in [-0.39, 0.29) is 16.1 Å². The monoisotopic (exact) mass is 486 g/mol. The number of rotatable bonds is 7. The zero-order valence-electron chi connectivity index (χ0n) is 20.2. The zero-order chi connectivity index (χ0) is 24.5. The van der Waals surface area contributed by atoms with Gasteiger partial charge < -0.3 is 14.9 Å². The molecule has 1 aromatic carbocycles. The third kappa shape index (κ3) is 5.36. The number of anilines is 2. The first-order chi connectivity index (χ1) is 16.1. The van der Waals surface area contributed by atoms with Gasteiger partial charge >= 0.3 is 5.97 Å². The fraction of sp³-hybridized carbons (Fsp3) is 0.520. The Morgan fingerprint density at radius 1 is 1.09 bits per heavy atom. The number of carboxylic acids is 1.